The second-order valence-corrected chi connectivity index (χ2v) is 7.78. The number of nitrogens with one attached hydrogen (secondary N) is 2. The Balaban J connectivity index is 1.60. The molecule has 0 radical (unpaired) electrons. The molecule has 1 amide bonds. The first-order valence-electron chi connectivity index (χ1n) is 8.65. The molecular formula is C21H19FN2O3S. The van der Waals surface area contributed by atoms with Gasteiger partial charge < -0.3 is 5.32 Å². The van der Waals surface area contributed by atoms with Crippen LogP contribution in [-0.4, -0.2) is 20.9 Å². The maximum absolute atomic E-state index is 13.6. The summed E-state index contributed by atoms with van der Waals surface area (Å²) < 4.78 is 40.8. The molecule has 0 saturated carbocycles. The average Bonchev–Trinajstić information content (AvgIpc) is 2.70. The summed E-state index contributed by atoms with van der Waals surface area (Å²) in [6, 6.07) is 20.6. The van der Waals surface area contributed by atoms with Crippen molar-refractivity contribution >= 4 is 21.6 Å². The highest BCUT2D eigenvalue weighted by Crippen LogP contribution is 2.16. The molecule has 0 aromatic heterocycles. The smallest absolute Gasteiger partial charge is 0.261 e. The quantitative estimate of drug-likeness (QED) is 0.639. The van der Waals surface area contributed by atoms with Crippen LogP contribution in [0, 0.1) is 5.82 Å². The first-order valence-corrected chi connectivity index (χ1v) is 10.1. The normalized spacial score (nSPS) is 11.0. The van der Waals surface area contributed by atoms with Gasteiger partial charge in [0.05, 0.1) is 4.90 Å². The van der Waals surface area contributed by atoms with Crippen molar-refractivity contribution in [2.45, 2.75) is 11.3 Å². The van der Waals surface area contributed by atoms with Gasteiger partial charge in [0.2, 0.25) is 0 Å². The molecule has 0 spiro atoms. The van der Waals surface area contributed by atoms with Crippen LogP contribution in [0.25, 0.3) is 0 Å². The minimum absolute atomic E-state index is 0.0549. The highest BCUT2D eigenvalue weighted by atomic mass is 32.2. The van der Waals surface area contributed by atoms with E-state index in [0.29, 0.717) is 23.2 Å². The lowest BCUT2D eigenvalue weighted by molar-refractivity contribution is 0.0954. The molecule has 3 aromatic carbocycles. The van der Waals surface area contributed by atoms with E-state index in [4.69, 9.17) is 0 Å². The number of sulfonamides is 1. The number of halogens is 1. The van der Waals surface area contributed by atoms with Crippen LogP contribution in [0.5, 0.6) is 0 Å². The maximum atomic E-state index is 13.6. The summed E-state index contributed by atoms with van der Waals surface area (Å²) in [4.78, 5) is 12.3. The fourth-order valence-electron chi connectivity index (χ4n) is 2.62. The van der Waals surface area contributed by atoms with Crippen LogP contribution < -0.4 is 10.0 Å². The molecule has 3 rings (SSSR count). The zero-order valence-corrected chi connectivity index (χ0v) is 15.7. The molecular weight excluding hydrogens is 379 g/mol. The molecule has 0 unspecified atom stereocenters. The van der Waals surface area contributed by atoms with Gasteiger partial charge in [-0.05, 0) is 54.4 Å². The third-order valence-corrected chi connectivity index (χ3v) is 5.49. The third-order valence-electron chi connectivity index (χ3n) is 4.09. The van der Waals surface area contributed by atoms with Crippen molar-refractivity contribution in [2.75, 3.05) is 11.3 Å². The number of hydrogen-bond donors (Lipinski definition) is 2. The molecule has 7 heteroatoms. The standard InChI is InChI=1S/C21H19FN2O3S/c22-20-9-5-4-6-16(20)14-15-23-21(25)17-10-12-19(13-11-17)28(26,27)24-18-7-2-1-3-8-18/h1-13,24H,14-15H2,(H,23,25). The Kier molecular flexibility index (Phi) is 6.06. The van der Waals surface area contributed by atoms with Gasteiger partial charge in [-0.1, -0.05) is 36.4 Å². The lowest BCUT2D eigenvalue weighted by Crippen LogP contribution is -2.26. The van der Waals surface area contributed by atoms with Crippen molar-refractivity contribution in [1.82, 2.24) is 5.32 Å². The highest BCUT2D eigenvalue weighted by Gasteiger charge is 2.15. The van der Waals surface area contributed by atoms with Crippen molar-refractivity contribution in [1.29, 1.82) is 0 Å². The van der Waals surface area contributed by atoms with Crippen LogP contribution in [0.1, 0.15) is 15.9 Å². The van der Waals surface area contributed by atoms with E-state index in [9.17, 15) is 17.6 Å². The number of amides is 1. The second-order valence-electron chi connectivity index (χ2n) is 6.09. The zero-order valence-electron chi connectivity index (χ0n) is 14.9. The molecule has 0 fully saturated rings. The summed E-state index contributed by atoms with van der Waals surface area (Å²) >= 11 is 0. The number of anilines is 1. The molecule has 0 aliphatic carbocycles. The van der Waals surface area contributed by atoms with Crippen LogP contribution in [0.4, 0.5) is 10.1 Å². The minimum atomic E-state index is -3.74. The topological polar surface area (TPSA) is 75.3 Å². The number of hydrogen-bond acceptors (Lipinski definition) is 3. The molecule has 28 heavy (non-hydrogen) atoms. The summed E-state index contributed by atoms with van der Waals surface area (Å²) in [5.74, 6) is -0.659. The van der Waals surface area contributed by atoms with Gasteiger partial charge in [0.1, 0.15) is 5.82 Å². The van der Waals surface area contributed by atoms with E-state index in [-0.39, 0.29) is 23.2 Å². The Bertz CT molecular complexity index is 1050. The third kappa shape index (κ3) is 4.95. The van der Waals surface area contributed by atoms with E-state index in [1.807, 2.05) is 0 Å². The van der Waals surface area contributed by atoms with Crippen LogP contribution in [0.2, 0.25) is 0 Å². The predicted octanol–water partition coefficient (Wildman–Crippen LogP) is 3.60. The molecule has 2 N–H and O–H groups in total. The van der Waals surface area contributed by atoms with Crippen molar-refractivity contribution < 1.29 is 17.6 Å². The number of carbonyl (C=O) groups excluding carboxylic acids is 1. The van der Waals surface area contributed by atoms with Gasteiger partial charge >= 0.3 is 0 Å². The Morgan fingerprint density at radius 1 is 0.857 bits per heavy atom. The molecule has 5 nitrogen and oxygen atoms in total. The lowest BCUT2D eigenvalue weighted by Gasteiger charge is -2.09. The Labute approximate surface area is 163 Å². The molecule has 0 atom stereocenters. The first-order chi connectivity index (χ1) is 13.5. The van der Waals surface area contributed by atoms with Gasteiger partial charge in [-0.25, -0.2) is 12.8 Å². The zero-order chi connectivity index (χ0) is 20.0. The van der Waals surface area contributed by atoms with Crippen molar-refractivity contribution in [2.24, 2.45) is 0 Å². The average molecular weight is 398 g/mol. The fraction of sp³-hybridized carbons (Fsp3) is 0.0952. The summed E-state index contributed by atoms with van der Waals surface area (Å²) in [6.07, 6.45) is 0.367. The van der Waals surface area contributed by atoms with Gasteiger partial charge in [-0.15, -0.1) is 0 Å². The van der Waals surface area contributed by atoms with Crippen molar-refractivity contribution in [3.63, 3.8) is 0 Å². The molecule has 0 bridgehead atoms. The summed E-state index contributed by atoms with van der Waals surface area (Å²) in [6.45, 7) is 0.273. The van der Waals surface area contributed by atoms with E-state index in [1.54, 1.807) is 48.5 Å². The van der Waals surface area contributed by atoms with Crippen LogP contribution in [0.3, 0.4) is 0 Å². The van der Waals surface area contributed by atoms with Gasteiger partial charge in [0.25, 0.3) is 15.9 Å². The highest BCUT2D eigenvalue weighted by molar-refractivity contribution is 7.92. The van der Waals surface area contributed by atoms with E-state index in [0.717, 1.165) is 0 Å². The predicted molar refractivity (Wildman–Crippen MR) is 106 cm³/mol. The lowest BCUT2D eigenvalue weighted by atomic mass is 10.1. The Morgan fingerprint density at radius 2 is 1.50 bits per heavy atom. The van der Waals surface area contributed by atoms with Crippen LogP contribution in [-0.2, 0) is 16.4 Å². The van der Waals surface area contributed by atoms with E-state index in [1.165, 1.54) is 30.3 Å². The van der Waals surface area contributed by atoms with Gasteiger partial charge in [-0.3, -0.25) is 9.52 Å². The van der Waals surface area contributed by atoms with Gasteiger partial charge in [0, 0.05) is 17.8 Å². The number of para-hydroxylation sites is 1. The number of benzene rings is 3. The minimum Gasteiger partial charge on any atom is -0.352 e. The Morgan fingerprint density at radius 3 is 2.18 bits per heavy atom. The number of rotatable bonds is 7. The number of carbonyl (C=O) groups is 1. The molecule has 0 aliphatic rings. The van der Waals surface area contributed by atoms with Crippen molar-refractivity contribution in [3.05, 3.63) is 95.8 Å². The summed E-state index contributed by atoms with van der Waals surface area (Å²) in [5, 5.41) is 2.70. The van der Waals surface area contributed by atoms with Gasteiger partial charge in [0.15, 0.2) is 0 Å². The molecule has 0 saturated heterocycles. The van der Waals surface area contributed by atoms with E-state index < -0.39 is 10.0 Å². The SMILES string of the molecule is O=C(NCCc1ccccc1F)c1ccc(S(=O)(=O)Nc2ccccc2)cc1. The van der Waals surface area contributed by atoms with E-state index >= 15 is 0 Å². The second kappa shape index (κ2) is 8.67. The molecule has 3 aromatic rings. The largest absolute Gasteiger partial charge is 0.352 e. The Hall–Kier alpha value is -3.19. The molecule has 144 valence electrons. The molecule has 0 aliphatic heterocycles. The van der Waals surface area contributed by atoms with Gasteiger partial charge in [-0.2, -0.15) is 0 Å². The maximum Gasteiger partial charge on any atom is 0.261 e. The first kappa shape index (κ1) is 19.6. The van der Waals surface area contributed by atoms with Crippen LogP contribution in [0.15, 0.2) is 83.8 Å². The fourth-order valence-corrected chi connectivity index (χ4v) is 3.68. The molecule has 0 heterocycles. The summed E-state index contributed by atoms with van der Waals surface area (Å²) in [7, 11) is -3.74. The monoisotopic (exact) mass is 398 g/mol. The van der Waals surface area contributed by atoms with Crippen LogP contribution >= 0.6 is 0 Å². The van der Waals surface area contributed by atoms with E-state index in [2.05, 4.69) is 10.0 Å². The van der Waals surface area contributed by atoms with Crippen molar-refractivity contribution in [3.8, 4) is 0 Å². The summed E-state index contributed by atoms with van der Waals surface area (Å²) in [5.41, 5.74) is 1.31.